The first-order chi connectivity index (χ1) is 11.0. The minimum absolute atomic E-state index is 0.00510. The van der Waals surface area contributed by atoms with Crippen molar-refractivity contribution in [2.24, 2.45) is 5.92 Å². The fourth-order valence-corrected chi connectivity index (χ4v) is 1.80. The predicted molar refractivity (Wildman–Crippen MR) is 86.8 cm³/mol. The van der Waals surface area contributed by atoms with Gasteiger partial charge >= 0.3 is 6.36 Å². The summed E-state index contributed by atoms with van der Waals surface area (Å²) in [5, 5.41) is 2.70. The van der Waals surface area contributed by atoms with Crippen LogP contribution in [0.25, 0.3) is 0 Å². The average Bonchev–Trinajstić information content (AvgIpc) is 2.41. The molecule has 1 atom stereocenters. The van der Waals surface area contributed by atoms with Crippen molar-refractivity contribution in [3.05, 3.63) is 36.3 Å². The molecule has 1 N–H and O–H groups in total. The van der Waals surface area contributed by atoms with Crippen molar-refractivity contribution in [2.45, 2.75) is 52.9 Å². The van der Waals surface area contributed by atoms with Crippen LogP contribution in [0, 0.1) is 5.92 Å². The van der Waals surface area contributed by atoms with Gasteiger partial charge in [-0.05, 0) is 25.3 Å². The Kier molecular flexibility index (Phi) is 9.25. The number of hydrogen-bond acceptors (Lipinski definition) is 3. The van der Waals surface area contributed by atoms with E-state index in [0.29, 0.717) is 12.4 Å². The molecule has 0 unspecified atom stereocenters. The molecule has 24 heavy (non-hydrogen) atoms. The second-order valence-electron chi connectivity index (χ2n) is 5.70. The van der Waals surface area contributed by atoms with Crippen LogP contribution in [0.15, 0.2) is 36.3 Å². The van der Waals surface area contributed by atoms with Gasteiger partial charge in [0.1, 0.15) is 11.5 Å². The van der Waals surface area contributed by atoms with Crippen LogP contribution in [-0.4, -0.2) is 24.9 Å². The zero-order valence-corrected chi connectivity index (χ0v) is 14.6. The van der Waals surface area contributed by atoms with Gasteiger partial charge in [-0.15, -0.1) is 13.2 Å². The molecule has 1 amide bonds. The second kappa shape index (κ2) is 10.1. The molecule has 0 rings (SSSR count). The topological polar surface area (TPSA) is 47.6 Å². The average molecular weight is 349 g/mol. The molecule has 0 fully saturated rings. The van der Waals surface area contributed by atoms with E-state index < -0.39 is 24.1 Å². The zero-order chi connectivity index (χ0) is 18.9. The van der Waals surface area contributed by atoms with E-state index in [-0.39, 0.29) is 11.5 Å². The molecule has 0 aliphatic rings. The minimum atomic E-state index is -4.84. The van der Waals surface area contributed by atoms with Gasteiger partial charge in [0.2, 0.25) is 5.91 Å². The van der Waals surface area contributed by atoms with E-state index in [9.17, 15) is 18.0 Å². The number of unbranched alkanes of at least 4 members (excludes halogenated alkanes) is 1. The molecule has 0 aliphatic carbocycles. The lowest BCUT2D eigenvalue weighted by Crippen LogP contribution is -2.40. The van der Waals surface area contributed by atoms with Gasteiger partial charge in [0.05, 0.1) is 12.6 Å². The molecular formula is C17H26F3NO3. The van der Waals surface area contributed by atoms with Crippen LogP contribution in [-0.2, 0) is 14.3 Å². The third-order valence-electron chi connectivity index (χ3n) is 3.07. The number of carbonyl (C=O) groups is 1. The van der Waals surface area contributed by atoms with Gasteiger partial charge in [0.15, 0.2) is 0 Å². The molecule has 0 saturated carbocycles. The van der Waals surface area contributed by atoms with Gasteiger partial charge in [-0.25, -0.2) is 0 Å². The van der Waals surface area contributed by atoms with Crippen molar-refractivity contribution in [3.63, 3.8) is 0 Å². The Morgan fingerprint density at radius 1 is 1.29 bits per heavy atom. The van der Waals surface area contributed by atoms with E-state index in [4.69, 9.17) is 4.74 Å². The van der Waals surface area contributed by atoms with Gasteiger partial charge in [-0.3, -0.25) is 4.79 Å². The normalized spacial score (nSPS) is 13.4. The number of hydrogen-bond donors (Lipinski definition) is 1. The van der Waals surface area contributed by atoms with Crippen LogP contribution in [0.2, 0.25) is 0 Å². The van der Waals surface area contributed by atoms with Gasteiger partial charge in [-0.2, -0.15) is 0 Å². The molecule has 0 aromatic rings. The highest BCUT2D eigenvalue weighted by Gasteiger charge is 2.31. The molecule has 138 valence electrons. The number of carbonyl (C=O) groups excluding carboxylic acids is 1. The molecule has 0 spiro atoms. The molecule has 0 aliphatic heterocycles. The van der Waals surface area contributed by atoms with Crippen LogP contribution in [0.1, 0.15) is 40.5 Å². The third-order valence-corrected chi connectivity index (χ3v) is 3.07. The molecule has 0 radical (unpaired) electrons. The quantitative estimate of drug-likeness (QED) is 0.274. The minimum Gasteiger partial charge on any atom is -0.496 e. The highest BCUT2D eigenvalue weighted by Crippen LogP contribution is 2.21. The molecule has 7 heteroatoms. The van der Waals surface area contributed by atoms with Crippen LogP contribution in [0.5, 0.6) is 0 Å². The third kappa shape index (κ3) is 9.27. The first-order valence-electron chi connectivity index (χ1n) is 7.73. The van der Waals surface area contributed by atoms with Gasteiger partial charge in [0, 0.05) is 5.57 Å². The maximum Gasteiger partial charge on any atom is 0.573 e. The Balaban J connectivity index is 4.82. The molecule has 0 aromatic carbocycles. The lowest BCUT2D eigenvalue weighted by molar-refractivity contribution is -0.303. The molecule has 0 aromatic heterocycles. The summed E-state index contributed by atoms with van der Waals surface area (Å²) < 4.78 is 45.4. The zero-order valence-electron chi connectivity index (χ0n) is 14.6. The Morgan fingerprint density at radius 2 is 1.88 bits per heavy atom. The summed E-state index contributed by atoms with van der Waals surface area (Å²) in [5.74, 6) is -0.773. The van der Waals surface area contributed by atoms with Crippen LogP contribution in [0.3, 0.4) is 0 Å². The maximum atomic E-state index is 12.1. The molecule has 0 bridgehead atoms. The Bertz CT molecular complexity index is 482. The summed E-state index contributed by atoms with van der Waals surface area (Å²) in [5.41, 5.74) is 0.0382. The van der Waals surface area contributed by atoms with Gasteiger partial charge < -0.3 is 14.8 Å². The lowest BCUT2D eigenvalue weighted by Gasteiger charge is -2.25. The second-order valence-corrected chi connectivity index (χ2v) is 5.70. The smallest absolute Gasteiger partial charge is 0.496 e. The van der Waals surface area contributed by atoms with Crippen molar-refractivity contribution in [2.75, 3.05) is 6.61 Å². The largest absolute Gasteiger partial charge is 0.573 e. The van der Waals surface area contributed by atoms with Crippen molar-refractivity contribution < 1.29 is 27.4 Å². The maximum absolute atomic E-state index is 12.1. The van der Waals surface area contributed by atoms with Gasteiger partial charge in [-0.1, -0.05) is 40.3 Å². The molecular weight excluding hydrogens is 323 g/mol. The number of alkyl halides is 3. The Morgan fingerprint density at radius 3 is 2.33 bits per heavy atom. The SMILES string of the molecule is C=C(/C=C(\C)C(=O)N[C@@H](C(=C)OCCCC)C(C)C)OC(F)(F)F. The van der Waals surface area contributed by atoms with E-state index in [1.807, 2.05) is 20.8 Å². The number of ether oxygens (including phenoxy) is 2. The van der Waals surface area contributed by atoms with E-state index in [1.54, 1.807) is 0 Å². The number of rotatable bonds is 10. The van der Waals surface area contributed by atoms with Crippen molar-refractivity contribution in [1.29, 1.82) is 0 Å². The van der Waals surface area contributed by atoms with Crippen LogP contribution in [0.4, 0.5) is 13.2 Å². The predicted octanol–water partition coefficient (Wildman–Crippen LogP) is 4.45. The first-order valence-corrected chi connectivity index (χ1v) is 7.73. The number of halogens is 3. The van der Waals surface area contributed by atoms with E-state index >= 15 is 0 Å². The highest BCUT2D eigenvalue weighted by atomic mass is 19.4. The van der Waals surface area contributed by atoms with E-state index in [2.05, 4.69) is 23.2 Å². The fourth-order valence-electron chi connectivity index (χ4n) is 1.80. The number of nitrogens with one attached hydrogen (secondary N) is 1. The summed E-state index contributed by atoms with van der Waals surface area (Å²) >= 11 is 0. The van der Waals surface area contributed by atoms with Gasteiger partial charge in [0.25, 0.3) is 0 Å². The van der Waals surface area contributed by atoms with Crippen molar-refractivity contribution in [1.82, 2.24) is 5.32 Å². The number of amides is 1. The van der Waals surface area contributed by atoms with E-state index in [0.717, 1.165) is 18.9 Å². The Labute approximate surface area is 141 Å². The lowest BCUT2D eigenvalue weighted by atomic mass is 10.0. The van der Waals surface area contributed by atoms with E-state index in [1.165, 1.54) is 6.92 Å². The summed E-state index contributed by atoms with van der Waals surface area (Å²) in [7, 11) is 0. The number of allylic oxidation sites excluding steroid dienone is 1. The monoisotopic (exact) mass is 349 g/mol. The van der Waals surface area contributed by atoms with Crippen LogP contribution >= 0.6 is 0 Å². The molecule has 0 saturated heterocycles. The molecule has 0 heterocycles. The fraction of sp³-hybridized carbons (Fsp3) is 0.588. The molecule has 4 nitrogen and oxygen atoms in total. The summed E-state index contributed by atoms with van der Waals surface area (Å²) in [6.45, 7) is 14.6. The highest BCUT2D eigenvalue weighted by molar-refractivity contribution is 5.93. The van der Waals surface area contributed by atoms with Crippen molar-refractivity contribution in [3.8, 4) is 0 Å². The summed E-state index contributed by atoms with van der Waals surface area (Å²) in [4.78, 5) is 12.1. The van der Waals surface area contributed by atoms with Crippen LogP contribution < -0.4 is 5.32 Å². The summed E-state index contributed by atoms with van der Waals surface area (Å²) in [6.07, 6.45) is -2.08. The summed E-state index contributed by atoms with van der Waals surface area (Å²) in [6, 6.07) is -0.450. The first kappa shape index (κ1) is 22.1. The van der Waals surface area contributed by atoms with Crippen molar-refractivity contribution >= 4 is 5.91 Å². The standard InChI is InChI=1S/C17H26F3NO3/c1-7-8-9-23-14(6)15(11(2)3)21-16(22)12(4)10-13(5)24-17(18,19)20/h10-11,15H,5-9H2,1-4H3,(H,21,22)/b12-10+/t15-/m1/s1. The Hall–Kier alpha value is -1.92.